The van der Waals surface area contributed by atoms with Crippen molar-refractivity contribution in [2.75, 3.05) is 13.2 Å². The first kappa shape index (κ1) is 61.6. The zero-order valence-corrected chi connectivity index (χ0v) is 42.8. The minimum atomic E-state index is -0.779. The molecular formula is C58H106O6. The minimum absolute atomic E-state index is 0.0774. The molecule has 0 amide bonds. The molecule has 0 saturated carbocycles. The Morgan fingerprint density at radius 1 is 0.312 bits per heavy atom. The van der Waals surface area contributed by atoms with Crippen LogP contribution in [0.4, 0.5) is 0 Å². The summed E-state index contributed by atoms with van der Waals surface area (Å²) in [6.07, 6.45) is 62.8. The van der Waals surface area contributed by atoms with Gasteiger partial charge in [0.15, 0.2) is 6.10 Å². The molecule has 0 spiro atoms. The summed E-state index contributed by atoms with van der Waals surface area (Å²) in [7, 11) is 0. The first-order valence-corrected chi connectivity index (χ1v) is 28.0. The zero-order chi connectivity index (χ0) is 46.5. The Balaban J connectivity index is 4.28. The molecule has 6 heteroatoms. The molecular weight excluding hydrogens is 793 g/mol. The van der Waals surface area contributed by atoms with Gasteiger partial charge in [0.1, 0.15) is 13.2 Å². The summed E-state index contributed by atoms with van der Waals surface area (Å²) in [5, 5.41) is 0. The second kappa shape index (κ2) is 53.2. The van der Waals surface area contributed by atoms with Gasteiger partial charge >= 0.3 is 17.9 Å². The summed E-state index contributed by atoms with van der Waals surface area (Å²) < 4.78 is 16.8. The number of allylic oxidation sites excluding steroid dienone is 6. The standard InChI is InChI=1S/C58H106O6/c1-4-7-10-13-16-19-22-24-26-28-29-30-31-33-34-36-39-42-45-48-51-57(60)63-54-55(53-62-56(59)50-47-44-41-38-21-18-15-12-9-6-3)64-58(61)52-49-46-43-40-37-35-32-27-25-23-20-17-14-11-8-5-2/h12,15,20,23,27,32,55H,4-11,13-14,16-19,21-22,24-26,28-31,33-54H2,1-3H3/b15-12-,23-20-,32-27-. The van der Waals surface area contributed by atoms with E-state index in [9.17, 15) is 14.4 Å². The molecule has 0 aromatic carbocycles. The van der Waals surface area contributed by atoms with Crippen LogP contribution in [0.25, 0.3) is 0 Å². The van der Waals surface area contributed by atoms with Crippen LogP contribution in [-0.2, 0) is 28.6 Å². The molecule has 0 saturated heterocycles. The SMILES string of the molecule is CCC/C=C\CCCCCCCC(=O)OCC(COC(=O)CCCCCCCCCCCCCCCCCCCCCC)OC(=O)CCCCCCC/C=C\C/C=C\CCCCCC. The van der Waals surface area contributed by atoms with Gasteiger partial charge in [0.05, 0.1) is 0 Å². The highest BCUT2D eigenvalue weighted by Gasteiger charge is 2.19. The third-order valence-electron chi connectivity index (χ3n) is 12.3. The molecule has 0 aliphatic heterocycles. The first-order chi connectivity index (χ1) is 31.5. The number of carbonyl (C=O) groups is 3. The summed E-state index contributed by atoms with van der Waals surface area (Å²) in [4.78, 5) is 38.0. The maximum absolute atomic E-state index is 12.8. The Hall–Kier alpha value is -2.37. The van der Waals surface area contributed by atoms with Crippen LogP contribution in [0.5, 0.6) is 0 Å². The van der Waals surface area contributed by atoms with E-state index in [2.05, 4.69) is 57.2 Å². The van der Waals surface area contributed by atoms with Crippen LogP contribution in [0, 0.1) is 0 Å². The van der Waals surface area contributed by atoms with Crippen molar-refractivity contribution >= 4 is 17.9 Å². The molecule has 1 unspecified atom stereocenters. The van der Waals surface area contributed by atoms with Gasteiger partial charge in [0, 0.05) is 19.3 Å². The molecule has 64 heavy (non-hydrogen) atoms. The van der Waals surface area contributed by atoms with E-state index in [1.807, 2.05) is 0 Å². The molecule has 6 nitrogen and oxygen atoms in total. The predicted octanol–water partition coefficient (Wildman–Crippen LogP) is 18.5. The second-order valence-corrected chi connectivity index (χ2v) is 18.8. The van der Waals surface area contributed by atoms with Crippen molar-refractivity contribution < 1.29 is 28.6 Å². The van der Waals surface area contributed by atoms with Crippen LogP contribution in [0.15, 0.2) is 36.5 Å². The van der Waals surface area contributed by atoms with E-state index in [1.54, 1.807) is 0 Å². The Labute approximate surface area is 397 Å². The van der Waals surface area contributed by atoms with Crippen molar-refractivity contribution in [1.82, 2.24) is 0 Å². The van der Waals surface area contributed by atoms with E-state index in [0.717, 1.165) is 96.3 Å². The van der Waals surface area contributed by atoms with E-state index >= 15 is 0 Å². The lowest BCUT2D eigenvalue weighted by atomic mass is 10.0. The lowest BCUT2D eigenvalue weighted by Crippen LogP contribution is -2.30. The smallest absolute Gasteiger partial charge is 0.306 e. The molecule has 0 heterocycles. The highest BCUT2D eigenvalue weighted by Crippen LogP contribution is 2.16. The van der Waals surface area contributed by atoms with Crippen molar-refractivity contribution in [2.45, 2.75) is 303 Å². The fourth-order valence-corrected chi connectivity index (χ4v) is 8.12. The van der Waals surface area contributed by atoms with Gasteiger partial charge in [0.2, 0.25) is 0 Å². The monoisotopic (exact) mass is 899 g/mol. The summed E-state index contributed by atoms with van der Waals surface area (Å²) in [6.45, 7) is 6.58. The fraction of sp³-hybridized carbons (Fsp3) is 0.845. The van der Waals surface area contributed by atoms with E-state index in [4.69, 9.17) is 14.2 Å². The highest BCUT2D eigenvalue weighted by molar-refractivity contribution is 5.71. The van der Waals surface area contributed by atoms with Crippen LogP contribution in [-0.4, -0.2) is 37.2 Å². The van der Waals surface area contributed by atoms with Gasteiger partial charge < -0.3 is 14.2 Å². The Kier molecular flexibility index (Phi) is 51.3. The van der Waals surface area contributed by atoms with Gasteiger partial charge in [-0.3, -0.25) is 14.4 Å². The van der Waals surface area contributed by atoms with Crippen LogP contribution in [0.1, 0.15) is 297 Å². The van der Waals surface area contributed by atoms with Gasteiger partial charge in [-0.1, -0.05) is 243 Å². The molecule has 0 aromatic heterocycles. The van der Waals surface area contributed by atoms with Gasteiger partial charge in [0.25, 0.3) is 0 Å². The summed E-state index contributed by atoms with van der Waals surface area (Å²) in [5.41, 5.74) is 0. The number of hydrogen-bond acceptors (Lipinski definition) is 6. The zero-order valence-electron chi connectivity index (χ0n) is 42.8. The molecule has 374 valence electrons. The van der Waals surface area contributed by atoms with E-state index in [0.29, 0.717) is 19.3 Å². The van der Waals surface area contributed by atoms with Gasteiger partial charge in [-0.2, -0.15) is 0 Å². The van der Waals surface area contributed by atoms with Gasteiger partial charge in [-0.15, -0.1) is 0 Å². The minimum Gasteiger partial charge on any atom is -0.462 e. The largest absolute Gasteiger partial charge is 0.462 e. The van der Waals surface area contributed by atoms with Crippen molar-refractivity contribution in [3.63, 3.8) is 0 Å². The van der Waals surface area contributed by atoms with Gasteiger partial charge in [-0.25, -0.2) is 0 Å². The van der Waals surface area contributed by atoms with E-state index in [-0.39, 0.29) is 31.1 Å². The molecule has 0 rings (SSSR count). The molecule has 0 N–H and O–H groups in total. The lowest BCUT2D eigenvalue weighted by Gasteiger charge is -2.18. The van der Waals surface area contributed by atoms with Crippen molar-refractivity contribution in [1.29, 1.82) is 0 Å². The Bertz CT molecular complexity index is 1080. The predicted molar refractivity (Wildman–Crippen MR) is 275 cm³/mol. The van der Waals surface area contributed by atoms with E-state index < -0.39 is 6.10 Å². The number of carbonyl (C=O) groups excluding carboxylic acids is 3. The normalized spacial score (nSPS) is 12.2. The van der Waals surface area contributed by atoms with Crippen LogP contribution in [0.2, 0.25) is 0 Å². The number of rotatable bonds is 51. The number of unbranched alkanes of at least 4 members (excludes halogenated alkanes) is 34. The van der Waals surface area contributed by atoms with Crippen molar-refractivity contribution in [2.24, 2.45) is 0 Å². The second-order valence-electron chi connectivity index (χ2n) is 18.8. The number of hydrogen-bond donors (Lipinski definition) is 0. The lowest BCUT2D eigenvalue weighted by molar-refractivity contribution is -0.167. The summed E-state index contributed by atoms with van der Waals surface area (Å²) >= 11 is 0. The summed E-state index contributed by atoms with van der Waals surface area (Å²) in [5.74, 6) is -0.889. The quantitative estimate of drug-likeness (QED) is 0.0262. The average molecular weight is 899 g/mol. The molecule has 0 aliphatic rings. The molecule has 0 radical (unpaired) electrons. The van der Waals surface area contributed by atoms with Crippen molar-refractivity contribution in [3.8, 4) is 0 Å². The maximum atomic E-state index is 12.8. The Morgan fingerprint density at radius 3 is 0.953 bits per heavy atom. The highest BCUT2D eigenvalue weighted by atomic mass is 16.6. The number of esters is 3. The average Bonchev–Trinajstić information content (AvgIpc) is 3.29. The van der Waals surface area contributed by atoms with E-state index in [1.165, 1.54) is 161 Å². The topological polar surface area (TPSA) is 78.9 Å². The van der Waals surface area contributed by atoms with Gasteiger partial charge in [-0.05, 0) is 70.6 Å². The Morgan fingerprint density at radius 2 is 0.594 bits per heavy atom. The third kappa shape index (κ3) is 50.6. The molecule has 1 atom stereocenters. The molecule has 0 bridgehead atoms. The van der Waals surface area contributed by atoms with Crippen LogP contribution >= 0.6 is 0 Å². The summed E-state index contributed by atoms with van der Waals surface area (Å²) in [6, 6.07) is 0. The number of ether oxygens (including phenoxy) is 3. The maximum Gasteiger partial charge on any atom is 0.306 e. The molecule has 0 fully saturated rings. The molecule has 0 aliphatic carbocycles. The van der Waals surface area contributed by atoms with Crippen LogP contribution in [0.3, 0.4) is 0 Å². The fourth-order valence-electron chi connectivity index (χ4n) is 8.12. The molecule has 0 aromatic rings. The third-order valence-corrected chi connectivity index (χ3v) is 12.3. The van der Waals surface area contributed by atoms with Crippen molar-refractivity contribution in [3.05, 3.63) is 36.5 Å². The first-order valence-electron chi connectivity index (χ1n) is 28.0. The van der Waals surface area contributed by atoms with Crippen LogP contribution < -0.4 is 0 Å².